The molecule has 10 nitrogen and oxygen atoms in total. The lowest BCUT2D eigenvalue weighted by molar-refractivity contribution is -0.121. The number of morpholine rings is 1. The number of aromatic nitrogens is 2. The van der Waals surface area contributed by atoms with Crippen LogP contribution in [-0.2, 0) is 26.1 Å². The van der Waals surface area contributed by atoms with Crippen molar-refractivity contribution in [1.82, 2.24) is 19.3 Å². The summed E-state index contributed by atoms with van der Waals surface area (Å²) in [5.74, 6) is 0.808. The van der Waals surface area contributed by atoms with E-state index < -0.39 is 10.0 Å². The zero-order chi connectivity index (χ0) is 25.8. The number of aryl methyl sites for hydroxylation is 1. The lowest BCUT2D eigenvalue weighted by Crippen LogP contribution is -2.40. The third-order valence-corrected chi connectivity index (χ3v) is 8.62. The quantitative estimate of drug-likeness (QED) is 0.500. The van der Waals surface area contributed by atoms with Crippen LogP contribution in [0.2, 0.25) is 0 Å². The Balaban J connectivity index is 1.17. The van der Waals surface area contributed by atoms with Gasteiger partial charge in [0.1, 0.15) is 0 Å². The van der Waals surface area contributed by atoms with Crippen LogP contribution in [0.4, 0.5) is 5.69 Å². The molecule has 1 unspecified atom stereocenters. The topological polar surface area (TPSA) is 118 Å². The van der Waals surface area contributed by atoms with E-state index in [1.54, 1.807) is 12.1 Å². The summed E-state index contributed by atoms with van der Waals surface area (Å²) >= 11 is 0. The summed E-state index contributed by atoms with van der Waals surface area (Å²) in [6, 6.07) is 14.3. The highest BCUT2D eigenvalue weighted by Gasteiger charge is 2.28. The molecule has 3 aromatic rings. The Bertz CT molecular complexity index is 1340. The molecule has 11 heteroatoms. The van der Waals surface area contributed by atoms with E-state index in [0.29, 0.717) is 56.8 Å². The van der Waals surface area contributed by atoms with E-state index in [-0.39, 0.29) is 16.7 Å². The molecular weight excluding hydrogens is 494 g/mol. The van der Waals surface area contributed by atoms with Gasteiger partial charge in [-0.15, -0.1) is 0 Å². The number of likely N-dealkylation sites (tertiary alicyclic amines) is 1. The van der Waals surface area contributed by atoms with Crippen LogP contribution in [-0.4, -0.2) is 73.1 Å². The number of hydrogen-bond donors (Lipinski definition) is 1. The lowest BCUT2D eigenvalue weighted by atomic mass is 9.97. The van der Waals surface area contributed by atoms with Gasteiger partial charge in [-0.3, -0.25) is 9.69 Å². The highest BCUT2D eigenvalue weighted by atomic mass is 32.2. The van der Waals surface area contributed by atoms with Gasteiger partial charge in [0.05, 0.1) is 30.6 Å². The Labute approximate surface area is 216 Å². The van der Waals surface area contributed by atoms with E-state index in [0.717, 1.165) is 30.5 Å². The summed E-state index contributed by atoms with van der Waals surface area (Å²) < 4.78 is 37.8. The molecule has 2 aromatic carbocycles. The van der Waals surface area contributed by atoms with E-state index in [1.165, 1.54) is 16.4 Å². The van der Waals surface area contributed by atoms with Gasteiger partial charge in [-0.25, -0.2) is 8.42 Å². The Hall–Kier alpha value is -3.12. The molecular formula is C26H31N5O5S. The Morgan fingerprint density at radius 3 is 2.65 bits per heavy atom. The maximum Gasteiger partial charge on any atom is 0.243 e. The second-order valence-corrected chi connectivity index (χ2v) is 11.4. The second-order valence-electron chi connectivity index (χ2n) is 9.49. The molecule has 196 valence electrons. The number of nitrogens with zero attached hydrogens (tertiary/aromatic N) is 4. The predicted octanol–water partition coefficient (Wildman–Crippen LogP) is 2.92. The first kappa shape index (κ1) is 25.5. The lowest BCUT2D eigenvalue weighted by Gasteiger charge is -2.30. The monoisotopic (exact) mass is 525 g/mol. The highest BCUT2D eigenvalue weighted by molar-refractivity contribution is 7.89. The van der Waals surface area contributed by atoms with Gasteiger partial charge in [0.15, 0.2) is 0 Å². The third-order valence-electron chi connectivity index (χ3n) is 6.71. The molecule has 0 aliphatic carbocycles. The first-order valence-electron chi connectivity index (χ1n) is 12.5. The summed E-state index contributed by atoms with van der Waals surface area (Å²) in [5.41, 5.74) is 2.61. The molecule has 2 aliphatic heterocycles. The van der Waals surface area contributed by atoms with Gasteiger partial charge >= 0.3 is 0 Å². The number of hydrogen-bond acceptors (Lipinski definition) is 8. The molecule has 2 aliphatic rings. The normalized spacial score (nSPS) is 19.5. The molecule has 0 spiro atoms. The van der Waals surface area contributed by atoms with Crippen LogP contribution in [0.25, 0.3) is 11.4 Å². The van der Waals surface area contributed by atoms with Crippen LogP contribution in [0.1, 0.15) is 24.3 Å². The molecule has 5 rings (SSSR count). The zero-order valence-corrected chi connectivity index (χ0v) is 21.6. The van der Waals surface area contributed by atoms with Gasteiger partial charge < -0.3 is 14.6 Å². The van der Waals surface area contributed by atoms with E-state index in [9.17, 15) is 13.2 Å². The van der Waals surface area contributed by atoms with Gasteiger partial charge in [0, 0.05) is 30.9 Å². The number of sulfonamides is 1. The summed E-state index contributed by atoms with van der Waals surface area (Å²) in [6.45, 7) is 5.41. The minimum atomic E-state index is -3.57. The number of amides is 1. The number of ether oxygens (including phenoxy) is 1. The van der Waals surface area contributed by atoms with Crippen molar-refractivity contribution in [3.05, 3.63) is 60.0 Å². The van der Waals surface area contributed by atoms with E-state index in [1.807, 2.05) is 31.2 Å². The molecule has 2 saturated heterocycles. The number of anilines is 1. The van der Waals surface area contributed by atoms with Crippen molar-refractivity contribution in [2.75, 3.05) is 44.7 Å². The van der Waals surface area contributed by atoms with Crippen molar-refractivity contribution in [1.29, 1.82) is 0 Å². The first-order chi connectivity index (χ1) is 17.9. The Morgan fingerprint density at radius 2 is 1.89 bits per heavy atom. The van der Waals surface area contributed by atoms with Gasteiger partial charge in [0.2, 0.25) is 27.6 Å². The van der Waals surface area contributed by atoms with Crippen molar-refractivity contribution in [3.63, 3.8) is 0 Å². The molecule has 0 saturated carbocycles. The number of piperidine rings is 1. The summed E-state index contributed by atoms with van der Waals surface area (Å²) in [7, 11) is -3.57. The average Bonchev–Trinajstić information content (AvgIpc) is 3.38. The minimum absolute atomic E-state index is 0.0838. The molecule has 1 aromatic heterocycles. The molecule has 0 bridgehead atoms. The van der Waals surface area contributed by atoms with Crippen molar-refractivity contribution in [3.8, 4) is 11.4 Å². The summed E-state index contributed by atoms with van der Waals surface area (Å²) in [4.78, 5) is 19.9. The van der Waals surface area contributed by atoms with Gasteiger partial charge in [-0.1, -0.05) is 28.9 Å². The maximum atomic E-state index is 13.0. The van der Waals surface area contributed by atoms with Crippen LogP contribution in [0.3, 0.4) is 0 Å². The van der Waals surface area contributed by atoms with Crippen LogP contribution in [0, 0.1) is 12.8 Å². The smallest absolute Gasteiger partial charge is 0.243 e. The van der Waals surface area contributed by atoms with E-state index in [2.05, 4.69) is 20.4 Å². The molecule has 0 radical (unpaired) electrons. The average molecular weight is 526 g/mol. The van der Waals surface area contributed by atoms with Crippen LogP contribution < -0.4 is 5.32 Å². The number of carbonyl (C=O) groups excluding carboxylic acids is 1. The largest absolute Gasteiger partial charge is 0.379 e. The van der Waals surface area contributed by atoms with Crippen LogP contribution in [0.15, 0.2) is 57.9 Å². The first-order valence-corrected chi connectivity index (χ1v) is 13.9. The highest BCUT2D eigenvalue weighted by Crippen LogP contribution is 2.23. The van der Waals surface area contributed by atoms with Gasteiger partial charge in [-0.05, 0) is 56.6 Å². The molecule has 37 heavy (non-hydrogen) atoms. The van der Waals surface area contributed by atoms with Crippen molar-refractivity contribution in [2.45, 2.75) is 31.2 Å². The predicted molar refractivity (Wildman–Crippen MR) is 137 cm³/mol. The SMILES string of the molecule is Cc1cccc(-c2noc(CN3CCCC(C(=O)Nc4ccc(S(=O)(=O)N5CCOCC5)cc4)C3)n2)c1. The standard InChI is InChI=1S/C26H31N5O5S/c1-19-4-2-5-20(16-19)25-28-24(36-29-25)18-30-11-3-6-21(17-30)26(32)27-22-7-9-23(10-8-22)37(33,34)31-12-14-35-15-13-31/h2,4-5,7-10,16,21H,3,6,11-15,17-18H2,1H3,(H,27,32). The maximum absolute atomic E-state index is 13.0. The Kier molecular flexibility index (Phi) is 7.65. The zero-order valence-electron chi connectivity index (χ0n) is 20.8. The number of rotatable bonds is 7. The van der Waals surface area contributed by atoms with Crippen LogP contribution >= 0.6 is 0 Å². The molecule has 1 N–H and O–H groups in total. The van der Waals surface area contributed by atoms with E-state index in [4.69, 9.17) is 9.26 Å². The van der Waals surface area contributed by atoms with Crippen molar-refractivity contribution >= 4 is 21.6 Å². The summed E-state index contributed by atoms with van der Waals surface area (Å²) in [5, 5.41) is 7.05. The number of carbonyl (C=O) groups is 1. The minimum Gasteiger partial charge on any atom is -0.379 e. The van der Waals surface area contributed by atoms with Crippen LogP contribution in [0.5, 0.6) is 0 Å². The van der Waals surface area contributed by atoms with Crippen molar-refractivity contribution < 1.29 is 22.5 Å². The second kappa shape index (κ2) is 11.1. The fraction of sp³-hybridized carbons (Fsp3) is 0.423. The summed E-state index contributed by atoms with van der Waals surface area (Å²) in [6.07, 6.45) is 1.66. The molecule has 2 fully saturated rings. The fourth-order valence-electron chi connectivity index (χ4n) is 4.72. The third kappa shape index (κ3) is 6.07. The molecule has 3 heterocycles. The van der Waals surface area contributed by atoms with E-state index >= 15 is 0 Å². The molecule has 1 atom stereocenters. The van der Waals surface area contributed by atoms with Gasteiger partial charge in [0.25, 0.3) is 0 Å². The van der Waals surface area contributed by atoms with Crippen molar-refractivity contribution in [2.24, 2.45) is 5.92 Å². The molecule has 1 amide bonds. The van der Waals surface area contributed by atoms with Gasteiger partial charge in [-0.2, -0.15) is 9.29 Å². The fourth-order valence-corrected chi connectivity index (χ4v) is 6.12. The number of nitrogens with one attached hydrogen (secondary N) is 1. The number of benzene rings is 2. The Morgan fingerprint density at radius 1 is 1.11 bits per heavy atom.